The lowest BCUT2D eigenvalue weighted by Gasteiger charge is -1.89. The van der Waals surface area contributed by atoms with Crippen molar-refractivity contribution < 1.29 is 4.79 Å². The van der Waals surface area contributed by atoms with Gasteiger partial charge in [-0.1, -0.05) is 0 Å². The molecule has 17 heavy (non-hydrogen) atoms. The minimum atomic E-state index is -0.103. The summed E-state index contributed by atoms with van der Waals surface area (Å²) in [5, 5.41) is 8.25. The minimum Gasteiger partial charge on any atom is -0.287 e. The summed E-state index contributed by atoms with van der Waals surface area (Å²) in [6, 6.07) is 1.70. The van der Waals surface area contributed by atoms with Crippen LogP contribution in [0, 0.1) is 6.92 Å². The fraction of sp³-hybridized carbons (Fsp3) is 0.250. The van der Waals surface area contributed by atoms with Crippen molar-refractivity contribution in [1.82, 2.24) is 19.6 Å². The van der Waals surface area contributed by atoms with Crippen molar-refractivity contribution in [2.75, 3.05) is 0 Å². The quantitative estimate of drug-likeness (QED) is 0.591. The molecule has 0 amide bonds. The van der Waals surface area contributed by atoms with Crippen LogP contribution in [0.5, 0.6) is 0 Å². The highest BCUT2D eigenvalue weighted by Crippen LogP contribution is 2.08. The molecule has 0 aliphatic heterocycles. The molecule has 2 rings (SSSR count). The zero-order chi connectivity index (χ0) is 12.4. The van der Waals surface area contributed by atoms with Crippen LogP contribution in [0.3, 0.4) is 0 Å². The standard InChI is InChI=1S/C12H14N4O/c1-9-10(8-16(3)13-9)4-5-12(17)11-6-7-15(2)14-11/h4-8H,1-3H3/b5-4+. The lowest BCUT2D eigenvalue weighted by Crippen LogP contribution is -1.97. The van der Waals surface area contributed by atoms with Gasteiger partial charge in [0.25, 0.3) is 0 Å². The van der Waals surface area contributed by atoms with Gasteiger partial charge in [-0.05, 0) is 25.1 Å². The predicted molar refractivity (Wildman–Crippen MR) is 64.5 cm³/mol. The second kappa shape index (κ2) is 4.37. The van der Waals surface area contributed by atoms with Gasteiger partial charge >= 0.3 is 0 Å². The molecule has 0 aliphatic carbocycles. The molecule has 0 radical (unpaired) electrons. The Bertz CT molecular complexity index is 577. The van der Waals surface area contributed by atoms with E-state index in [4.69, 9.17) is 0 Å². The predicted octanol–water partition coefficient (Wildman–Crippen LogP) is 1.36. The molecule has 0 bridgehead atoms. The Morgan fingerprint density at radius 3 is 2.59 bits per heavy atom. The number of hydrogen-bond acceptors (Lipinski definition) is 3. The van der Waals surface area contributed by atoms with Crippen LogP contribution in [0.2, 0.25) is 0 Å². The van der Waals surface area contributed by atoms with E-state index in [-0.39, 0.29) is 5.78 Å². The van der Waals surface area contributed by atoms with E-state index in [0.29, 0.717) is 5.69 Å². The van der Waals surface area contributed by atoms with Crippen molar-refractivity contribution in [1.29, 1.82) is 0 Å². The van der Waals surface area contributed by atoms with Gasteiger partial charge < -0.3 is 0 Å². The third-order valence-electron chi connectivity index (χ3n) is 2.43. The number of rotatable bonds is 3. The Balaban J connectivity index is 2.16. The van der Waals surface area contributed by atoms with Gasteiger partial charge in [-0.15, -0.1) is 0 Å². The maximum absolute atomic E-state index is 11.8. The number of aryl methyl sites for hydroxylation is 3. The van der Waals surface area contributed by atoms with Crippen molar-refractivity contribution in [2.24, 2.45) is 14.1 Å². The number of carbonyl (C=O) groups is 1. The zero-order valence-electron chi connectivity index (χ0n) is 10.1. The van der Waals surface area contributed by atoms with Gasteiger partial charge in [-0.25, -0.2) is 0 Å². The minimum absolute atomic E-state index is 0.103. The van der Waals surface area contributed by atoms with Gasteiger partial charge in [-0.2, -0.15) is 10.2 Å². The first-order chi connectivity index (χ1) is 8.06. The Morgan fingerprint density at radius 2 is 2.06 bits per heavy atom. The molecule has 0 aliphatic rings. The van der Waals surface area contributed by atoms with Gasteiger partial charge in [0, 0.05) is 32.1 Å². The Kier molecular flexibility index (Phi) is 2.91. The summed E-state index contributed by atoms with van der Waals surface area (Å²) in [4.78, 5) is 11.8. The SMILES string of the molecule is Cc1nn(C)cc1/C=C/C(=O)c1ccn(C)n1. The first-order valence-electron chi connectivity index (χ1n) is 5.28. The topological polar surface area (TPSA) is 52.7 Å². The summed E-state index contributed by atoms with van der Waals surface area (Å²) in [6.45, 7) is 1.91. The summed E-state index contributed by atoms with van der Waals surface area (Å²) >= 11 is 0. The van der Waals surface area contributed by atoms with Crippen LogP contribution in [0.4, 0.5) is 0 Å². The van der Waals surface area contributed by atoms with Gasteiger partial charge in [0.15, 0.2) is 0 Å². The first kappa shape index (κ1) is 11.3. The van der Waals surface area contributed by atoms with Crippen molar-refractivity contribution in [3.8, 4) is 0 Å². The molecule has 0 fully saturated rings. The van der Waals surface area contributed by atoms with Gasteiger partial charge in [-0.3, -0.25) is 14.2 Å². The van der Waals surface area contributed by atoms with Gasteiger partial charge in [0.2, 0.25) is 5.78 Å². The maximum Gasteiger partial charge on any atom is 0.206 e. The largest absolute Gasteiger partial charge is 0.287 e. The molecule has 0 saturated carbocycles. The molecule has 0 N–H and O–H groups in total. The van der Waals surface area contributed by atoms with E-state index in [1.165, 1.54) is 6.08 Å². The van der Waals surface area contributed by atoms with Gasteiger partial charge in [0.1, 0.15) is 5.69 Å². The number of nitrogens with zero attached hydrogens (tertiary/aromatic N) is 4. The Labute approximate surface area is 99.4 Å². The van der Waals surface area contributed by atoms with E-state index in [0.717, 1.165) is 11.3 Å². The first-order valence-corrected chi connectivity index (χ1v) is 5.28. The molecule has 0 saturated heterocycles. The Morgan fingerprint density at radius 1 is 1.29 bits per heavy atom. The fourth-order valence-corrected chi connectivity index (χ4v) is 1.58. The molecule has 0 aromatic carbocycles. The van der Waals surface area contributed by atoms with E-state index in [9.17, 15) is 4.79 Å². The van der Waals surface area contributed by atoms with E-state index >= 15 is 0 Å². The zero-order valence-corrected chi connectivity index (χ0v) is 10.1. The maximum atomic E-state index is 11.8. The molecule has 0 atom stereocenters. The van der Waals surface area contributed by atoms with Crippen LogP contribution in [0.25, 0.3) is 6.08 Å². The number of carbonyl (C=O) groups excluding carboxylic acids is 1. The van der Waals surface area contributed by atoms with Crippen LogP contribution >= 0.6 is 0 Å². The highest BCUT2D eigenvalue weighted by Gasteiger charge is 2.05. The van der Waals surface area contributed by atoms with Crippen molar-refractivity contribution in [3.05, 3.63) is 41.5 Å². The van der Waals surface area contributed by atoms with E-state index < -0.39 is 0 Å². The second-order valence-corrected chi connectivity index (χ2v) is 3.92. The third-order valence-corrected chi connectivity index (χ3v) is 2.43. The van der Waals surface area contributed by atoms with Crippen LogP contribution in [-0.2, 0) is 14.1 Å². The monoisotopic (exact) mass is 230 g/mol. The highest BCUT2D eigenvalue weighted by molar-refractivity contribution is 6.05. The summed E-state index contributed by atoms with van der Waals surface area (Å²) in [5.41, 5.74) is 2.29. The van der Waals surface area contributed by atoms with Crippen molar-refractivity contribution in [3.63, 3.8) is 0 Å². The van der Waals surface area contributed by atoms with Crippen molar-refractivity contribution in [2.45, 2.75) is 6.92 Å². The molecular weight excluding hydrogens is 216 g/mol. The number of ketones is 1. The lowest BCUT2D eigenvalue weighted by molar-refractivity contribution is 0.104. The molecular formula is C12H14N4O. The summed E-state index contributed by atoms with van der Waals surface area (Å²) in [5.74, 6) is -0.103. The summed E-state index contributed by atoms with van der Waals surface area (Å²) in [6.07, 6.45) is 6.90. The van der Waals surface area contributed by atoms with Crippen LogP contribution in [0.15, 0.2) is 24.5 Å². The molecule has 2 aromatic rings. The number of allylic oxidation sites excluding steroid dienone is 1. The Hall–Kier alpha value is -2.17. The highest BCUT2D eigenvalue weighted by atomic mass is 16.1. The third kappa shape index (κ3) is 2.50. The van der Waals surface area contributed by atoms with E-state index in [1.54, 1.807) is 34.8 Å². The average Bonchev–Trinajstić information content (AvgIpc) is 2.82. The molecule has 5 heteroatoms. The molecule has 5 nitrogen and oxygen atoms in total. The van der Waals surface area contributed by atoms with E-state index in [1.807, 2.05) is 20.2 Å². The fourth-order valence-electron chi connectivity index (χ4n) is 1.58. The smallest absolute Gasteiger partial charge is 0.206 e. The normalized spacial score (nSPS) is 11.2. The second-order valence-electron chi connectivity index (χ2n) is 3.92. The average molecular weight is 230 g/mol. The summed E-state index contributed by atoms with van der Waals surface area (Å²) in [7, 11) is 3.64. The van der Waals surface area contributed by atoms with Crippen LogP contribution in [-0.4, -0.2) is 25.3 Å². The molecule has 88 valence electrons. The number of aromatic nitrogens is 4. The van der Waals surface area contributed by atoms with Gasteiger partial charge in [0.05, 0.1) is 5.69 Å². The summed E-state index contributed by atoms with van der Waals surface area (Å²) < 4.78 is 3.33. The molecule has 2 aromatic heterocycles. The van der Waals surface area contributed by atoms with Crippen LogP contribution in [0.1, 0.15) is 21.7 Å². The molecule has 0 unspecified atom stereocenters. The lowest BCUT2D eigenvalue weighted by atomic mass is 10.2. The molecule has 2 heterocycles. The number of hydrogen-bond donors (Lipinski definition) is 0. The molecule has 0 spiro atoms. The van der Waals surface area contributed by atoms with Crippen LogP contribution < -0.4 is 0 Å². The van der Waals surface area contributed by atoms with E-state index in [2.05, 4.69) is 10.2 Å². The van der Waals surface area contributed by atoms with Crippen molar-refractivity contribution >= 4 is 11.9 Å².